The molecule has 1 aliphatic rings. The van der Waals surface area contributed by atoms with Crippen molar-refractivity contribution in [2.75, 3.05) is 6.61 Å². The van der Waals surface area contributed by atoms with Crippen LogP contribution in [-0.4, -0.2) is 18.0 Å². The van der Waals surface area contributed by atoms with Crippen LogP contribution in [0.1, 0.15) is 24.5 Å². The van der Waals surface area contributed by atoms with E-state index in [-0.39, 0.29) is 5.54 Å². The lowest BCUT2D eigenvalue weighted by atomic mass is 9.95. The van der Waals surface area contributed by atoms with Gasteiger partial charge in [-0.15, -0.1) is 0 Å². The molecule has 0 radical (unpaired) electrons. The average Bonchev–Trinajstić information content (AvgIpc) is 2.90. The molecule has 2 aromatic rings. The molecule has 1 unspecified atom stereocenters. The van der Waals surface area contributed by atoms with Crippen LogP contribution in [0, 0.1) is 0 Å². The standard InChI is InChI=1S/C18H19NO/c1-18(13-12-15-8-4-2-5-9-15)14-20-17(19-18)16-10-6-3-7-11-16/h2-11H,12-14H2,1H3. The quantitative estimate of drug-likeness (QED) is 0.822. The van der Waals surface area contributed by atoms with Crippen molar-refractivity contribution in [3.63, 3.8) is 0 Å². The Morgan fingerprint density at radius 3 is 2.35 bits per heavy atom. The van der Waals surface area contributed by atoms with Gasteiger partial charge in [0.05, 0.1) is 5.54 Å². The predicted molar refractivity (Wildman–Crippen MR) is 82.1 cm³/mol. The fraction of sp³-hybridized carbons (Fsp3) is 0.278. The van der Waals surface area contributed by atoms with Gasteiger partial charge in [-0.1, -0.05) is 48.5 Å². The molecule has 20 heavy (non-hydrogen) atoms. The Kier molecular flexibility index (Phi) is 3.55. The van der Waals surface area contributed by atoms with Crippen LogP contribution in [0.25, 0.3) is 0 Å². The van der Waals surface area contributed by atoms with Gasteiger partial charge in [0, 0.05) is 5.56 Å². The minimum Gasteiger partial charge on any atom is -0.475 e. The summed E-state index contributed by atoms with van der Waals surface area (Å²) in [6.07, 6.45) is 2.04. The van der Waals surface area contributed by atoms with Gasteiger partial charge in [-0.25, -0.2) is 4.99 Å². The number of benzene rings is 2. The second-order valence-corrected chi connectivity index (χ2v) is 5.55. The molecule has 0 saturated heterocycles. The second-order valence-electron chi connectivity index (χ2n) is 5.55. The van der Waals surface area contributed by atoms with E-state index in [4.69, 9.17) is 9.73 Å². The van der Waals surface area contributed by atoms with Gasteiger partial charge in [0.25, 0.3) is 0 Å². The number of aryl methyl sites for hydroxylation is 1. The third kappa shape index (κ3) is 2.90. The van der Waals surface area contributed by atoms with Crippen LogP contribution in [0.5, 0.6) is 0 Å². The molecule has 0 fully saturated rings. The molecule has 0 amide bonds. The van der Waals surface area contributed by atoms with Crippen LogP contribution in [0.3, 0.4) is 0 Å². The SMILES string of the molecule is CC1(CCc2ccccc2)COC(c2ccccc2)=N1. The Morgan fingerprint density at radius 2 is 1.65 bits per heavy atom. The smallest absolute Gasteiger partial charge is 0.216 e. The van der Waals surface area contributed by atoms with Crippen molar-refractivity contribution in [3.05, 3.63) is 71.8 Å². The van der Waals surface area contributed by atoms with Crippen molar-refractivity contribution >= 4 is 5.90 Å². The van der Waals surface area contributed by atoms with Gasteiger partial charge >= 0.3 is 0 Å². The lowest BCUT2D eigenvalue weighted by Gasteiger charge is -2.17. The van der Waals surface area contributed by atoms with Gasteiger partial charge in [0.2, 0.25) is 5.90 Å². The van der Waals surface area contributed by atoms with E-state index >= 15 is 0 Å². The summed E-state index contributed by atoms with van der Waals surface area (Å²) in [5.41, 5.74) is 2.31. The Labute approximate surface area is 120 Å². The summed E-state index contributed by atoms with van der Waals surface area (Å²) in [5, 5.41) is 0. The van der Waals surface area contributed by atoms with Gasteiger partial charge in [-0.3, -0.25) is 0 Å². The van der Waals surface area contributed by atoms with Crippen molar-refractivity contribution in [1.29, 1.82) is 0 Å². The zero-order valence-electron chi connectivity index (χ0n) is 11.8. The Hall–Kier alpha value is -2.09. The van der Waals surface area contributed by atoms with Gasteiger partial charge in [0.15, 0.2) is 0 Å². The fourth-order valence-corrected chi connectivity index (χ4v) is 2.45. The monoisotopic (exact) mass is 265 g/mol. The largest absolute Gasteiger partial charge is 0.475 e. The van der Waals surface area contributed by atoms with Gasteiger partial charge in [-0.05, 0) is 37.5 Å². The summed E-state index contributed by atoms with van der Waals surface area (Å²) in [4.78, 5) is 4.80. The van der Waals surface area contributed by atoms with Gasteiger partial charge in [0.1, 0.15) is 6.61 Å². The summed E-state index contributed by atoms with van der Waals surface area (Å²) in [6, 6.07) is 20.7. The number of aliphatic imine (C=N–C) groups is 1. The van der Waals surface area contributed by atoms with Crippen LogP contribution >= 0.6 is 0 Å². The van der Waals surface area contributed by atoms with Crippen LogP contribution in [0.4, 0.5) is 0 Å². The molecule has 3 rings (SSSR count). The minimum absolute atomic E-state index is 0.110. The first-order valence-corrected chi connectivity index (χ1v) is 7.07. The molecular weight excluding hydrogens is 246 g/mol. The summed E-state index contributed by atoms with van der Waals surface area (Å²) < 4.78 is 5.79. The predicted octanol–water partition coefficient (Wildman–Crippen LogP) is 3.85. The maximum atomic E-state index is 5.79. The summed E-state index contributed by atoms with van der Waals surface area (Å²) in [5.74, 6) is 0.779. The van der Waals surface area contributed by atoms with E-state index in [0.29, 0.717) is 6.61 Å². The number of nitrogens with zero attached hydrogens (tertiary/aromatic N) is 1. The molecule has 0 spiro atoms. The summed E-state index contributed by atoms with van der Waals surface area (Å²) >= 11 is 0. The topological polar surface area (TPSA) is 21.6 Å². The van der Waals surface area contributed by atoms with Gasteiger partial charge in [-0.2, -0.15) is 0 Å². The third-order valence-electron chi connectivity index (χ3n) is 3.71. The number of hydrogen-bond donors (Lipinski definition) is 0. The molecule has 0 aliphatic carbocycles. The molecule has 1 aliphatic heterocycles. The van der Waals surface area contributed by atoms with Gasteiger partial charge < -0.3 is 4.74 Å². The van der Waals surface area contributed by atoms with E-state index in [2.05, 4.69) is 37.3 Å². The van der Waals surface area contributed by atoms with E-state index < -0.39 is 0 Å². The normalized spacial score (nSPS) is 21.4. The molecule has 0 aromatic heterocycles. The van der Waals surface area contributed by atoms with Crippen LogP contribution < -0.4 is 0 Å². The highest BCUT2D eigenvalue weighted by Gasteiger charge is 2.31. The lowest BCUT2D eigenvalue weighted by Crippen LogP contribution is -2.24. The third-order valence-corrected chi connectivity index (χ3v) is 3.71. The zero-order chi connectivity index (χ0) is 13.8. The molecular formula is C18H19NO. The molecule has 2 nitrogen and oxygen atoms in total. The Balaban J connectivity index is 1.69. The highest BCUT2D eigenvalue weighted by atomic mass is 16.5. The van der Waals surface area contributed by atoms with Crippen LogP contribution in [0.2, 0.25) is 0 Å². The van der Waals surface area contributed by atoms with Crippen LogP contribution in [0.15, 0.2) is 65.7 Å². The van der Waals surface area contributed by atoms with Crippen molar-refractivity contribution in [2.24, 2.45) is 4.99 Å². The Morgan fingerprint density at radius 1 is 1.00 bits per heavy atom. The van der Waals surface area contributed by atoms with E-state index in [0.717, 1.165) is 24.3 Å². The Bertz CT molecular complexity index is 591. The van der Waals surface area contributed by atoms with Crippen molar-refractivity contribution in [2.45, 2.75) is 25.3 Å². The maximum Gasteiger partial charge on any atom is 0.216 e. The minimum atomic E-state index is -0.110. The summed E-state index contributed by atoms with van der Waals surface area (Å²) in [6.45, 7) is 2.84. The van der Waals surface area contributed by atoms with E-state index in [1.54, 1.807) is 0 Å². The molecule has 0 bridgehead atoms. The molecule has 2 heteroatoms. The van der Waals surface area contributed by atoms with E-state index in [1.807, 2.05) is 30.3 Å². The number of hydrogen-bond acceptors (Lipinski definition) is 2. The highest BCUT2D eigenvalue weighted by Crippen LogP contribution is 2.26. The molecule has 0 saturated carbocycles. The average molecular weight is 265 g/mol. The molecule has 0 N–H and O–H groups in total. The molecule has 1 heterocycles. The molecule has 2 aromatic carbocycles. The first kappa shape index (κ1) is 12.9. The van der Waals surface area contributed by atoms with E-state index in [1.165, 1.54) is 5.56 Å². The zero-order valence-corrected chi connectivity index (χ0v) is 11.8. The lowest BCUT2D eigenvalue weighted by molar-refractivity contribution is 0.258. The number of ether oxygens (including phenoxy) is 1. The first-order valence-electron chi connectivity index (χ1n) is 7.07. The number of rotatable bonds is 4. The first-order chi connectivity index (χ1) is 9.75. The second kappa shape index (κ2) is 5.49. The highest BCUT2D eigenvalue weighted by molar-refractivity contribution is 5.95. The molecule has 1 atom stereocenters. The van der Waals surface area contributed by atoms with E-state index in [9.17, 15) is 0 Å². The van der Waals surface area contributed by atoms with Crippen molar-refractivity contribution in [1.82, 2.24) is 0 Å². The van der Waals surface area contributed by atoms with Crippen molar-refractivity contribution in [3.8, 4) is 0 Å². The molecule has 102 valence electrons. The summed E-state index contributed by atoms with van der Waals surface area (Å²) in [7, 11) is 0. The van der Waals surface area contributed by atoms with Crippen LogP contribution in [-0.2, 0) is 11.2 Å². The van der Waals surface area contributed by atoms with Crippen molar-refractivity contribution < 1.29 is 4.74 Å². The maximum absolute atomic E-state index is 5.79. The fourth-order valence-electron chi connectivity index (χ4n) is 2.45.